The third kappa shape index (κ3) is 2.90. The van der Waals surface area contributed by atoms with Gasteiger partial charge in [0, 0.05) is 11.5 Å². The number of carboxylic acid groups (broad SMARTS) is 1. The van der Waals surface area contributed by atoms with Crippen molar-refractivity contribution in [3.63, 3.8) is 0 Å². The van der Waals surface area contributed by atoms with E-state index in [4.69, 9.17) is 5.11 Å². The summed E-state index contributed by atoms with van der Waals surface area (Å²) >= 11 is 0. The molecule has 1 aromatic carbocycles. The van der Waals surface area contributed by atoms with Crippen LogP contribution in [0.4, 0.5) is 13.2 Å². The maximum absolute atomic E-state index is 12.8. The number of nitrogens with zero attached hydrogens (tertiary/aromatic N) is 1. The van der Waals surface area contributed by atoms with Crippen LogP contribution < -0.4 is 0 Å². The lowest BCUT2D eigenvalue weighted by atomic mass is 10.1. The highest BCUT2D eigenvalue weighted by Gasteiger charge is 2.36. The lowest BCUT2D eigenvalue weighted by Gasteiger charge is -2.11. The molecule has 1 N–H and O–H groups in total. The number of alkyl halides is 3. The van der Waals surface area contributed by atoms with Crippen LogP contribution in [-0.4, -0.2) is 22.2 Å². The molecular weight excluding hydrogens is 259 g/mol. The van der Waals surface area contributed by atoms with Crippen LogP contribution in [0.5, 0.6) is 0 Å². The molecular formula is C13H8F3NO2. The molecule has 98 valence electrons. The number of rotatable bonds is 2. The molecule has 0 aliphatic carbocycles. The minimum atomic E-state index is -4.77. The summed E-state index contributed by atoms with van der Waals surface area (Å²) in [5, 5.41) is 9.20. The first-order valence-electron chi connectivity index (χ1n) is 5.26. The normalized spacial score (nSPS) is 12.7. The second kappa shape index (κ2) is 4.72. The number of carbonyl (C=O) groups is 1. The van der Waals surface area contributed by atoms with Gasteiger partial charge in [-0.1, -0.05) is 24.3 Å². The first-order chi connectivity index (χ1) is 8.88. The van der Waals surface area contributed by atoms with Gasteiger partial charge in [0.1, 0.15) is 0 Å². The monoisotopic (exact) mass is 267 g/mol. The Morgan fingerprint density at radius 3 is 2.47 bits per heavy atom. The highest BCUT2D eigenvalue weighted by Crippen LogP contribution is 2.33. The summed E-state index contributed by atoms with van der Waals surface area (Å²) in [6.45, 7) is 0. The van der Waals surface area contributed by atoms with E-state index < -0.39 is 23.4 Å². The molecule has 2 aromatic rings. The summed E-state index contributed by atoms with van der Waals surface area (Å²) in [5.74, 6) is -1.66. The van der Waals surface area contributed by atoms with Gasteiger partial charge < -0.3 is 5.11 Å². The third-order valence-electron chi connectivity index (χ3n) is 2.45. The van der Waals surface area contributed by atoms with E-state index in [1.807, 2.05) is 0 Å². The van der Waals surface area contributed by atoms with Crippen LogP contribution in [0.25, 0.3) is 16.5 Å². The molecule has 0 fully saturated rings. The zero-order chi connectivity index (χ0) is 14.0. The fraction of sp³-hybridized carbons (Fsp3) is 0.0769. The zero-order valence-corrected chi connectivity index (χ0v) is 9.48. The number of halogens is 3. The Morgan fingerprint density at radius 1 is 1.16 bits per heavy atom. The molecule has 1 aromatic heterocycles. The minimum Gasteiger partial charge on any atom is -0.478 e. The molecule has 0 unspecified atom stereocenters. The van der Waals surface area contributed by atoms with Crippen LogP contribution in [0.3, 0.4) is 0 Å². The Morgan fingerprint density at radius 2 is 1.84 bits per heavy atom. The molecule has 19 heavy (non-hydrogen) atoms. The number of fused-ring (bicyclic) bond motifs is 1. The lowest BCUT2D eigenvalue weighted by Crippen LogP contribution is -2.13. The summed E-state index contributed by atoms with van der Waals surface area (Å²) in [7, 11) is 0. The number of aromatic nitrogens is 1. The maximum atomic E-state index is 12.8. The Labute approximate surface area is 106 Å². The van der Waals surface area contributed by atoms with Gasteiger partial charge in [-0.15, -0.1) is 0 Å². The van der Waals surface area contributed by atoms with Crippen molar-refractivity contribution in [2.45, 2.75) is 6.18 Å². The highest BCUT2D eigenvalue weighted by atomic mass is 19.4. The van der Waals surface area contributed by atoms with E-state index in [0.29, 0.717) is 10.9 Å². The molecule has 0 bridgehead atoms. The van der Waals surface area contributed by atoms with Gasteiger partial charge in [0.15, 0.2) is 0 Å². The van der Waals surface area contributed by atoms with E-state index in [1.165, 1.54) is 6.07 Å². The minimum absolute atomic E-state index is 0.122. The number of allylic oxidation sites excluding steroid dienone is 1. The van der Waals surface area contributed by atoms with Crippen LogP contribution in [-0.2, 0) is 4.79 Å². The Kier molecular flexibility index (Phi) is 3.25. The predicted molar refractivity (Wildman–Crippen MR) is 63.4 cm³/mol. The molecule has 0 spiro atoms. The number of para-hydroxylation sites is 1. The molecule has 0 radical (unpaired) electrons. The number of aliphatic carboxylic acids is 1. The Hall–Kier alpha value is -2.37. The summed E-state index contributed by atoms with van der Waals surface area (Å²) < 4.78 is 38.4. The van der Waals surface area contributed by atoms with E-state index >= 15 is 0 Å². The standard InChI is InChI=1S/C13H8F3NO2/c14-13(15,16)9(7-12(18)19)11-6-5-8-3-1-2-4-10(8)17-11/h1-7H,(H,18,19)/b9-7+. The van der Waals surface area contributed by atoms with E-state index in [1.54, 1.807) is 24.3 Å². The van der Waals surface area contributed by atoms with E-state index in [2.05, 4.69) is 4.98 Å². The van der Waals surface area contributed by atoms with Crippen LogP contribution in [0.1, 0.15) is 5.69 Å². The molecule has 0 aliphatic rings. The number of carboxylic acids is 1. The molecule has 0 saturated heterocycles. The van der Waals surface area contributed by atoms with Gasteiger partial charge in [-0.2, -0.15) is 13.2 Å². The average Bonchev–Trinajstić information content (AvgIpc) is 2.34. The van der Waals surface area contributed by atoms with Crippen molar-refractivity contribution in [1.82, 2.24) is 4.98 Å². The van der Waals surface area contributed by atoms with Crippen LogP contribution in [0.2, 0.25) is 0 Å². The molecule has 0 amide bonds. The van der Waals surface area contributed by atoms with Gasteiger partial charge in [-0.25, -0.2) is 9.78 Å². The van der Waals surface area contributed by atoms with Gasteiger partial charge >= 0.3 is 12.1 Å². The largest absolute Gasteiger partial charge is 0.478 e. The fourth-order valence-corrected chi connectivity index (χ4v) is 1.64. The van der Waals surface area contributed by atoms with Gasteiger partial charge in [0.25, 0.3) is 0 Å². The Bertz CT molecular complexity index is 662. The maximum Gasteiger partial charge on any atom is 0.418 e. The van der Waals surface area contributed by atoms with Crippen molar-refractivity contribution in [3.05, 3.63) is 48.2 Å². The first kappa shape index (κ1) is 13.1. The van der Waals surface area contributed by atoms with E-state index in [9.17, 15) is 18.0 Å². The second-order valence-electron chi connectivity index (χ2n) is 3.78. The van der Waals surface area contributed by atoms with Crippen molar-refractivity contribution >= 4 is 22.4 Å². The molecule has 0 atom stereocenters. The average molecular weight is 267 g/mol. The van der Waals surface area contributed by atoms with Crippen LogP contribution in [0.15, 0.2) is 42.5 Å². The lowest BCUT2D eigenvalue weighted by molar-refractivity contribution is -0.131. The van der Waals surface area contributed by atoms with Gasteiger partial charge in [0.05, 0.1) is 16.8 Å². The number of pyridine rings is 1. The summed E-state index contributed by atoms with van der Waals surface area (Å²) in [5.41, 5.74) is -1.31. The van der Waals surface area contributed by atoms with Crippen LogP contribution >= 0.6 is 0 Å². The quantitative estimate of drug-likeness (QED) is 0.849. The molecule has 6 heteroatoms. The van der Waals surface area contributed by atoms with Crippen LogP contribution in [0, 0.1) is 0 Å². The highest BCUT2D eigenvalue weighted by molar-refractivity contribution is 5.91. The van der Waals surface area contributed by atoms with E-state index in [0.717, 1.165) is 6.07 Å². The summed E-state index contributed by atoms with van der Waals surface area (Å²) in [6, 6.07) is 9.28. The first-order valence-corrected chi connectivity index (χ1v) is 5.26. The molecule has 3 nitrogen and oxygen atoms in total. The predicted octanol–water partition coefficient (Wildman–Crippen LogP) is 3.27. The summed E-state index contributed by atoms with van der Waals surface area (Å²) in [6.07, 6.45) is -4.65. The van der Waals surface area contributed by atoms with Gasteiger partial charge in [0.2, 0.25) is 0 Å². The number of hydrogen-bond donors (Lipinski definition) is 1. The molecule has 0 aliphatic heterocycles. The second-order valence-corrected chi connectivity index (χ2v) is 3.78. The molecule has 0 saturated carbocycles. The SMILES string of the molecule is O=C(O)/C=C(\c1ccc2ccccc2n1)C(F)(F)F. The molecule has 1 heterocycles. The summed E-state index contributed by atoms with van der Waals surface area (Å²) in [4.78, 5) is 14.3. The molecule has 2 rings (SSSR count). The smallest absolute Gasteiger partial charge is 0.418 e. The fourth-order valence-electron chi connectivity index (χ4n) is 1.64. The van der Waals surface area contributed by atoms with Crippen molar-refractivity contribution in [2.75, 3.05) is 0 Å². The number of benzene rings is 1. The number of hydrogen-bond acceptors (Lipinski definition) is 2. The third-order valence-corrected chi connectivity index (χ3v) is 2.45. The van der Waals surface area contributed by atoms with Crippen molar-refractivity contribution < 1.29 is 23.1 Å². The van der Waals surface area contributed by atoms with Gasteiger partial charge in [-0.3, -0.25) is 0 Å². The van der Waals surface area contributed by atoms with Crippen molar-refractivity contribution in [2.24, 2.45) is 0 Å². The van der Waals surface area contributed by atoms with Crippen molar-refractivity contribution in [1.29, 1.82) is 0 Å². The van der Waals surface area contributed by atoms with Gasteiger partial charge in [-0.05, 0) is 12.1 Å². The topological polar surface area (TPSA) is 50.2 Å². The van der Waals surface area contributed by atoms with E-state index in [-0.39, 0.29) is 6.08 Å². The van der Waals surface area contributed by atoms with Crippen molar-refractivity contribution in [3.8, 4) is 0 Å². The zero-order valence-electron chi connectivity index (χ0n) is 9.48. The Balaban J connectivity index is 2.60.